The van der Waals surface area contributed by atoms with Crippen LogP contribution in [0.5, 0.6) is 5.75 Å². The molecule has 0 radical (unpaired) electrons. The van der Waals surface area contributed by atoms with Crippen molar-refractivity contribution in [3.05, 3.63) is 135 Å². The topological polar surface area (TPSA) is 236 Å². The van der Waals surface area contributed by atoms with Crippen molar-refractivity contribution in [1.29, 1.82) is 0 Å². The number of aliphatic hydroxyl groups excluding tert-OH is 2. The number of carbonyl (C=O) groups is 2. The first-order valence-electron chi connectivity index (χ1n) is 31.3. The standard InChI is InChI=1S/C48H72O14.C21H18O5/c1-11-25(2)43-28(5)17-18-47(62-43)23-34-20-33(61-47)16-15-27(4)42(26(3)13-12-14-32-24-55-45-40(49)29(6)19-35(46(51)58-34)48(32,45)52)59-39-22-37(54-10)44(31(8)57-39)60-38-21-36(53-9)41(50)30(7)56-38;1-21(2,26-20(23)13-6-4-3-5-7-13)18-11-15-10-14-8-9-19(22)25-16(14)12-17(15)24-18/h12-15,17-19,25-26,28,30-31,33-45,49-50,52H,11,16,20-24H2,1-10H3;3-10,12,18H,11H2,1-2H3. The number of allylic oxidation sites excluding steroid dienone is 2. The first-order chi connectivity index (χ1) is 41.9. The Bertz CT molecular complexity index is 3170. The van der Waals surface area contributed by atoms with Crippen molar-refractivity contribution in [1.82, 2.24) is 0 Å². The molecule has 4 saturated heterocycles. The van der Waals surface area contributed by atoms with E-state index in [0.29, 0.717) is 66.6 Å². The van der Waals surface area contributed by atoms with Gasteiger partial charge in [0.1, 0.15) is 65.1 Å². The average Bonchev–Trinajstić information content (AvgIpc) is 1.53. The lowest BCUT2D eigenvalue weighted by molar-refractivity contribution is -0.318. The van der Waals surface area contributed by atoms with E-state index in [1.54, 1.807) is 76.6 Å². The lowest BCUT2D eigenvalue weighted by atomic mass is 9.71. The number of fused-ring (bicyclic) bond motifs is 4. The number of hydrogen-bond acceptors (Lipinski definition) is 19. The Kier molecular flexibility index (Phi) is 20.3. The largest absolute Gasteiger partial charge is 0.485 e. The maximum Gasteiger partial charge on any atom is 0.338 e. The van der Waals surface area contributed by atoms with E-state index in [2.05, 4.69) is 39.8 Å². The van der Waals surface area contributed by atoms with Crippen LogP contribution in [0.2, 0.25) is 0 Å². The Morgan fingerprint density at radius 2 is 1.57 bits per heavy atom. The molecule has 8 heterocycles. The predicted molar refractivity (Wildman–Crippen MR) is 324 cm³/mol. The zero-order chi connectivity index (χ0) is 63.0. The summed E-state index contributed by atoms with van der Waals surface area (Å²) in [6.07, 6.45) is 8.83. The van der Waals surface area contributed by atoms with Gasteiger partial charge >= 0.3 is 17.6 Å². The van der Waals surface area contributed by atoms with Crippen molar-refractivity contribution in [2.75, 3.05) is 20.8 Å². The van der Waals surface area contributed by atoms with Crippen LogP contribution in [-0.4, -0.2) is 157 Å². The van der Waals surface area contributed by atoms with Crippen molar-refractivity contribution in [3.63, 3.8) is 0 Å². The summed E-state index contributed by atoms with van der Waals surface area (Å²) >= 11 is 0. The second kappa shape index (κ2) is 27.2. The molecule has 19 nitrogen and oxygen atoms in total. The first kappa shape index (κ1) is 65.6. The molecule has 8 aliphatic rings. The number of hydrogen-bond donors (Lipinski definition) is 3. The molecular weight excluding hydrogens is 1130 g/mol. The normalized spacial score (nSPS) is 37.9. The summed E-state index contributed by atoms with van der Waals surface area (Å²) in [4.78, 5) is 38.1. The molecule has 21 unspecified atom stereocenters. The van der Waals surface area contributed by atoms with E-state index in [1.165, 1.54) is 6.07 Å². The summed E-state index contributed by atoms with van der Waals surface area (Å²) in [5.41, 5.74) is 0.900. The quantitative estimate of drug-likeness (QED) is 0.0922. The molecule has 2 bridgehead atoms. The molecule has 1 spiro atoms. The van der Waals surface area contributed by atoms with Crippen LogP contribution in [-0.2, 0) is 63.3 Å². The smallest absolute Gasteiger partial charge is 0.338 e. The third-order valence-corrected chi connectivity index (χ3v) is 19.1. The molecule has 19 heteroatoms. The van der Waals surface area contributed by atoms with Crippen LogP contribution in [0.25, 0.3) is 11.0 Å². The van der Waals surface area contributed by atoms with E-state index >= 15 is 0 Å². The van der Waals surface area contributed by atoms with E-state index in [4.69, 9.17) is 61.3 Å². The Balaban J connectivity index is 0.000000272. The van der Waals surface area contributed by atoms with Gasteiger partial charge in [0.2, 0.25) is 0 Å². The van der Waals surface area contributed by atoms with Crippen LogP contribution in [0.15, 0.2) is 123 Å². The van der Waals surface area contributed by atoms with E-state index < -0.39 is 102 Å². The van der Waals surface area contributed by atoms with Crippen molar-refractivity contribution in [2.45, 2.75) is 223 Å². The van der Waals surface area contributed by atoms with Crippen LogP contribution in [0.1, 0.15) is 124 Å². The minimum absolute atomic E-state index is 0.0317. The summed E-state index contributed by atoms with van der Waals surface area (Å²) in [6.45, 7) is 19.8. The number of methoxy groups -OCH3 is 2. The second-order valence-corrected chi connectivity index (χ2v) is 25.9. The van der Waals surface area contributed by atoms with Gasteiger partial charge in [-0.25, -0.2) is 9.59 Å². The number of benzene rings is 2. The van der Waals surface area contributed by atoms with Crippen molar-refractivity contribution >= 4 is 22.9 Å². The molecule has 21 atom stereocenters. The molecule has 0 saturated carbocycles. The van der Waals surface area contributed by atoms with Gasteiger partial charge < -0.3 is 76.6 Å². The fraction of sp³-hybridized carbons (Fsp3) is 0.609. The molecule has 1 aliphatic carbocycles. The van der Waals surface area contributed by atoms with E-state index in [-0.39, 0.29) is 54.7 Å². The van der Waals surface area contributed by atoms with Crippen LogP contribution < -0.4 is 10.4 Å². The maximum absolute atomic E-state index is 14.3. The van der Waals surface area contributed by atoms with Gasteiger partial charge in [-0.1, -0.05) is 88.8 Å². The number of ether oxygens (including phenoxy) is 12. The average molecular weight is 1220 g/mol. The molecule has 88 heavy (non-hydrogen) atoms. The third-order valence-electron chi connectivity index (χ3n) is 19.1. The fourth-order valence-electron chi connectivity index (χ4n) is 13.7. The maximum atomic E-state index is 14.3. The Hall–Kier alpha value is -5.39. The molecule has 0 amide bonds. The minimum atomic E-state index is -1.84. The molecule has 1 aromatic heterocycles. The summed E-state index contributed by atoms with van der Waals surface area (Å²) in [5.74, 6) is -2.29. The SMILES string of the molecule is CC(C)(OC(=O)c1ccccc1)C1Cc2cc3ccc(=O)oc3cc2O1.CCC(C)C1OC2(C=CC1C)CC1CC(CC=C(C)C(OC3CC(OC)C(OC4CC(OC)C(O)C(C)O4)C(C)O3)C(C)C=CC=C3COC4C(O)C(C)=CC(C(=O)O1)C34O)O2. The van der Waals surface area contributed by atoms with Crippen molar-refractivity contribution < 1.29 is 86.2 Å². The first-order valence-corrected chi connectivity index (χ1v) is 31.3. The highest BCUT2D eigenvalue weighted by Crippen LogP contribution is 2.48. The van der Waals surface area contributed by atoms with Gasteiger partial charge in [0.05, 0.1) is 54.9 Å². The lowest BCUT2D eigenvalue weighted by Gasteiger charge is -2.48. The number of carbonyl (C=O) groups excluding carboxylic acids is 2. The highest BCUT2D eigenvalue weighted by molar-refractivity contribution is 5.89. The Morgan fingerprint density at radius 1 is 0.841 bits per heavy atom. The minimum Gasteiger partial charge on any atom is -0.485 e. The molecule has 4 fully saturated rings. The van der Waals surface area contributed by atoms with Crippen LogP contribution in [0.3, 0.4) is 0 Å². The monoisotopic (exact) mass is 1220 g/mol. The molecule has 7 aliphatic heterocycles. The van der Waals surface area contributed by atoms with Crippen LogP contribution in [0.4, 0.5) is 0 Å². The highest BCUT2D eigenvalue weighted by Gasteiger charge is 2.60. The van der Waals surface area contributed by atoms with Crippen LogP contribution in [0, 0.1) is 23.7 Å². The van der Waals surface area contributed by atoms with Gasteiger partial charge in [0.15, 0.2) is 18.4 Å². The van der Waals surface area contributed by atoms with E-state index in [9.17, 15) is 29.7 Å². The summed E-state index contributed by atoms with van der Waals surface area (Å²) < 4.78 is 80.6. The van der Waals surface area contributed by atoms with Gasteiger partial charge in [0.25, 0.3) is 0 Å². The van der Waals surface area contributed by atoms with E-state index in [0.717, 1.165) is 22.9 Å². The van der Waals surface area contributed by atoms with E-state index in [1.807, 2.05) is 58.1 Å². The van der Waals surface area contributed by atoms with Gasteiger partial charge in [-0.3, -0.25) is 4.79 Å². The summed E-state index contributed by atoms with van der Waals surface area (Å²) in [6, 6.07) is 15.7. The predicted octanol–water partition coefficient (Wildman–Crippen LogP) is 9.11. The van der Waals surface area contributed by atoms with Crippen LogP contribution >= 0.6 is 0 Å². The zero-order valence-corrected chi connectivity index (χ0v) is 52.7. The molecule has 3 aromatic rings. The Labute approximate surface area is 515 Å². The zero-order valence-electron chi connectivity index (χ0n) is 52.7. The Morgan fingerprint density at radius 3 is 2.31 bits per heavy atom. The fourth-order valence-corrected chi connectivity index (χ4v) is 13.7. The molecule has 11 rings (SSSR count). The number of rotatable bonds is 11. The summed E-state index contributed by atoms with van der Waals surface area (Å²) in [7, 11) is 3.22. The van der Waals surface area contributed by atoms with Crippen molar-refractivity contribution in [3.8, 4) is 5.75 Å². The summed E-state index contributed by atoms with van der Waals surface area (Å²) in [5, 5.41) is 35.1. The van der Waals surface area contributed by atoms with Gasteiger partial charge in [0, 0.05) is 75.7 Å². The molecule has 480 valence electrons. The highest BCUT2D eigenvalue weighted by atomic mass is 16.7. The lowest BCUT2D eigenvalue weighted by Crippen LogP contribution is -2.58. The molecular formula is C69H90O19. The molecule has 3 N–H and O–H groups in total. The number of aliphatic hydroxyl groups is 3. The van der Waals surface area contributed by atoms with Gasteiger partial charge in [-0.2, -0.15) is 0 Å². The van der Waals surface area contributed by atoms with Crippen molar-refractivity contribution in [2.24, 2.45) is 23.7 Å². The van der Waals surface area contributed by atoms with Gasteiger partial charge in [-0.05, 0) is 107 Å². The number of esters is 2. The van der Waals surface area contributed by atoms with Gasteiger partial charge in [-0.15, -0.1) is 0 Å². The molecule has 2 aromatic carbocycles. The second-order valence-electron chi connectivity index (χ2n) is 25.9. The third kappa shape index (κ3) is 13.9.